The van der Waals surface area contributed by atoms with Gasteiger partial charge in [-0.3, -0.25) is 4.99 Å². The highest BCUT2D eigenvalue weighted by Crippen LogP contribution is 2.38. The summed E-state index contributed by atoms with van der Waals surface area (Å²) in [7, 11) is -1.50. The number of aliphatic imine (C=N–C) groups is 1. The Balaban J connectivity index is 0.00000264. The number of ether oxygens (including phenoxy) is 1. The molecule has 2 heterocycles. The van der Waals surface area contributed by atoms with Gasteiger partial charge in [0.15, 0.2) is 5.96 Å². The predicted octanol–water partition coefficient (Wildman–Crippen LogP) is 0.620. The normalized spacial score (nSPS) is 25.2. The van der Waals surface area contributed by atoms with Crippen LogP contribution in [0.3, 0.4) is 0 Å². The molecule has 0 amide bonds. The molecule has 2 saturated heterocycles. The van der Waals surface area contributed by atoms with Gasteiger partial charge in [0.2, 0.25) is 10.0 Å². The molecule has 136 valence electrons. The van der Waals surface area contributed by atoms with Crippen molar-refractivity contribution in [3.05, 3.63) is 0 Å². The minimum atomic E-state index is -3.24. The number of halogens is 1. The summed E-state index contributed by atoms with van der Waals surface area (Å²) in [5, 5.41) is 3.16. The van der Waals surface area contributed by atoms with Crippen molar-refractivity contribution in [2.45, 2.75) is 32.7 Å². The zero-order chi connectivity index (χ0) is 16.2. The van der Waals surface area contributed by atoms with Crippen LogP contribution in [-0.4, -0.2) is 71.0 Å². The van der Waals surface area contributed by atoms with E-state index in [0.717, 1.165) is 45.1 Å². The molecule has 9 heteroatoms. The van der Waals surface area contributed by atoms with Gasteiger partial charge in [0, 0.05) is 44.7 Å². The Kier molecular flexibility index (Phi) is 8.02. The van der Waals surface area contributed by atoms with E-state index < -0.39 is 10.0 Å². The van der Waals surface area contributed by atoms with Crippen LogP contribution in [0.5, 0.6) is 0 Å². The highest BCUT2D eigenvalue weighted by Gasteiger charge is 2.42. The number of likely N-dealkylation sites (tertiary alicyclic amines) is 1. The lowest BCUT2D eigenvalue weighted by atomic mass is 9.87. The first-order valence-electron chi connectivity index (χ1n) is 7.89. The molecule has 2 fully saturated rings. The molecule has 2 rings (SSSR count). The topological polar surface area (TPSA) is 83.0 Å². The maximum atomic E-state index is 11.8. The largest absolute Gasteiger partial charge is 0.381 e. The van der Waals surface area contributed by atoms with E-state index in [1.54, 1.807) is 7.05 Å². The number of nitrogens with zero attached hydrogens (tertiary/aromatic N) is 2. The fourth-order valence-electron chi connectivity index (χ4n) is 3.13. The van der Waals surface area contributed by atoms with E-state index in [1.807, 2.05) is 13.8 Å². The van der Waals surface area contributed by atoms with Gasteiger partial charge in [-0.15, -0.1) is 24.0 Å². The average molecular weight is 460 g/mol. The Labute approximate surface area is 156 Å². The summed E-state index contributed by atoms with van der Waals surface area (Å²) in [6.45, 7) is 7.54. The van der Waals surface area contributed by atoms with Crippen LogP contribution in [0.4, 0.5) is 0 Å². The van der Waals surface area contributed by atoms with Crippen LogP contribution in [0.1, 0.15) is 26.7 Å². The van der Waals surface area contributed by atoms with E-state index in [4.69, 9.17) is 4.74 Å². The number of rotatable bonds is 5. The highest BCUT2D eigenvalue weighted by molar-refractivity contribution is 14.0. The Morgan fingerprint density at radius 3 is 2.70 bits per heavy atom. The van der Waals surface area contributed by atoms with E-state index in [1.165, 1.54) is 0 Å². The first-order chi connectivity index (χ1) is 10.4. The summed E-state index contributed by atoms with van der Waals surface area (Å²) >= 11 is 0. The minimum absolute atomic E-state index is 0. The molecular formula is C14H29IN4O3S. The SMILES string of the molecule is CN=C(NCCS(=O)(=O)NC(C)C)N1CCC2(CCOC2)C1.I. The molecular weight excluding hydrogens is 431 g/mol. The Bertz CT molecular complexity index is 504. The standard InChI is InChI=1S/C14H28N4O3S.HI/c1-12(2)17-22(19,20)9-6-16-13(15-3)18-7-4-14(10-18)5-8-21-11-14;/h12,17H,4-11H2,1-3H3,(H,15,16);1H. The van der Waals surface area contributed by atoms with Gasteiger partial charge in [0.1, 0.15) is 0 Å². The minimum Gasteiger partial charge on any atom is -0.381 e. The van der Waals surface area contributed by atoms with Crippen LogP contribution in [0.25, 0.3) is 0 Å². The molecule has 2 aliphatic heterocycles. The third-order valence-electron chi connectivity index (χ3n) is 4.20. The number of nitrogens with one attached hydrogen (secondary N) is 2. The van der Waals surface area contributed by atoms with Crippen LogP contribution >= 0.6 is 24.0 Å². The fraction of sp³-hybridized carbons (Fsp3) is 0.929. The molecule has 0 aromatic carbocycles. The molecule has 2 N–H and O–H groups in total. The third-order valence-corrected chi connectivity index (χ3v) is 5.78. The van der Waals surface area contributed by atoms with Crippen molar-refractivity contribution >= 4 is 40.0 Å². The molecule has 0 aromatic rings. The predicted molar refractivity (Wildman–Crippen MR) is 103 cm³/mol. The molecule has 2 aliphatic rings. The van der Waals surface area contributed by atoms with Crippen molar-refractivity contribution in [2.24, 2.45) is 10.4 Å². The first-order valence-corrected chi connectivity index (χ1v) is 9.54. The maximum Gasteiger partial charge on any atom is 0.213 e. The van der Waals surface area contributed by atoms with Gasteiger partial charge in [-0.1, -0.05) is 0 Å². The molecule has 1 unspecified atom stereocenters. The van der Waals surface area contributed by atoms with Crippen LogP contribution in [-0.2, 0) is 14.8 Å². The Morgan fingerprint density at radius 2 is 2.13 bits per heavy atom. The van der Waals surface area contributed by atoms with Gasteiger partial charge in [0.05, 0.1) is 12.4 Å². The van der Waals surface area contributed by atoms with Gasteiger partial charge < -0.3 is 15.0 Å². The lowest BCUT2D eigenvalue weighted by molar-refractivity contribution is 0.156. The zero-order valence-electron chi connectivity index (χ0n) is 14.2. The van der Waals surface area contributed by atoms with E-state index in [-0.39, 0.29) is 41.2 Å². The van der Waals surface area contributed by atoms with Crippen LogP contribution in [0.2, 0.25) is 0 Å². The van der Waals surface area contributed by atoms with E-state index in [2.05, 4.69) is 19.9 Å². The van der Waals surface area contributed by atoms with Crippen molar-refractivity contribution in [1.82, 2.24) is 14.9 Å². The van der Waals surface area contributed by atoms with E-state index in [9.17, 15) is 8.42 Å². The molecule has 23 heavy (non-hydrogen) atoms. The van der Waals surface area contributed by atoms with Crippen molar-refractivity contribution in [3.63, 3.8) is 0 Å². The van der Waals surface area contributed by atoms with Crippen LogP contribution in [0, 0.1) is 5.41 Å². The summed E-state index contributed by atoms with van der Waals surface area (Å²) in [6.07, 6.45) is 2.22. The fourth-order valence-corrected chi connectivity index (χ4v) is 4.34. The molecule has 0 radical (unpaired) electrons. The van der Waals surface area contributed by atoms with Gasteiger partial charge >= 0.3 is 0 Å². The molecule has 0 aliphatic carbocycles. The first kappa shape index (κ1) is 20.9. The van der Waals surface area contributed by atoms with Crippen molar-refractivity contribution in [1.29, 1.82) is 0 Å². The van der Waals surface area contributed by atoms with Gasteiger partial charge in [-0.2, -0.15) is 0 Å². The number of hydrogen-bond donors (Lipinski definition) is 2. The van der Waals surface area contributed by atoms with E-state index >= 15 is 0 Å². The van der Waals surface area contributed by atoms with Gasteiger partial charge in [0.25, 0.3) is 0 Å². The summed E-state index contributed by atoms with van der Waals surface area (Å²) in [6, 6.07) is -0.0786. The summed E-state index contributed by atoms with van der Waals surface area (Å²) in [5.74, 6) is 0.829. The summed E-state index contributed by atoms with van der Waals surface area (Å²) in [4.78, 5) is 6.49. The van der Waals surface area contributed by atoms with Crippen molar-refractivity contribution in [2.75, 3.05) is 45.6 Å². The molecule has 0 bridgehead atoms. The number of sulfonamides is 1. The smallest absolute Gasteiger partial charge is 0.213 e. The quantitative estimate of drug-likeness (QED) is 0.357. The molecule has 1 atom stereocenters. The number of hydrogen-bond acceptors (Lipinski definition) is 4. The van der Waals surface area contributed by atoms with Crippen molar-refractivity contribution < 1.29 is 13.2 Å². The second-order valence-corrected chi connectivity index (χ2v) is 8.41. The highest BCUT2D eigenvalue weighted by atomic mass is 127. The van der Waals surface area contributed by atoms with Crippen molar-refractivity contribution in [3.8, 4) is 0 Å². The molecule has 1 spiro atoms. The Morgan fingerprint density at radius 1 is 1.39 bits per heavy atom. The Hall–Kier alpha value is -0.130. The van der Waals surface area contributed by atoms with Crippen LogP contribution in [0.15, 0.2) is 4.99 Å². The summed E-state index contributed by atoms with van der Waals surface area (Å²) in [5.41, 5.74) is 0.267. The second-order valence-electron chi connectivity index (χ2n) is 6.54. The van der Waals surface area contributed by atoms with Gasteiger partial charge in [-0.05, 0) is 26.7 Å². The lowest BCUT2D eigenvalue weighted by Gasteiger charge is -2.25. The van der Waals surface area contributed by atoms with E-state index in [0.29, 0.717) is 6.54 Å². The molecule has 0 aromatic heterocycles. The summed E-state index contributed by atoms with van der Waals surface area (Å²) < 4.78 is 31.7. The molecule has 0 saturated carbocycles. The van der Waals surface area contributed by atoms with Gasteiger partial charge in [-0.25, -0.2) is 13.1 Å². The monoisotopic (exact) mass is 460 g/mol. The second kappa shape index (κ2) is 8.82. The third kappa shape index (κ3) is 6.02. The molecule has 7 nitrogen and oxygen atoms in total. The maximum absolute atomic E-state index is 11.8. The average Bonchev–Trinajstić information content (AvgIpc) is 3.04. The van der Waals surface area contributed by atoms with Crippen LogP contribution < -0.4 is 10.0 Å². The lowest BCUT2D eigenvalue weighted by Crippen LogP contribution is -2.44. The zero-order valence-corrected chi connectivity index (χ0v) is 17.3. The number of guanidine groups is 1.